The van der Waals surface area contributed by atoms with Crippen molar-refractivity contribution in [1.29, 1.82) is 0 Å². The zero-order valence-corrected chi connectivity index (χ0v) is 11.9. The van der Waals surface area contributed by atoms with Crippen molar-refractivity contribution in [3.63, 3.8) is 0 Å². The first kappa shape index (κ1) is 13.1. The zero-order chi connectivity index (χ0) is 13.9. The molecule has 1 aliphatic rings. The van der Waals surface area contributed by atoms with Gasteiger partial charge in [-0.15, -0.1) is 0 Å². The molecule has 2 N–H and O–H groups in total. The van der Waals surface area contributed by atoms with Crippen LogP contribution in [0.4, 0.5) is 11.8 Å². The molecule has 106 valence electrons. The Labute approximate surface area is 118 Å². The van der Waals surface area contributed by atoms with Crippen LogP contribution in [-0.2, 0) is 4.74 Å². The molecule has 0 radical (unpaired) electrons. The number of aromatic nitrogens is 2. The van der Waals surface area contributed by atoms with Gasteiger partial charge in [-0.1, -0.05) is 12.1 Å². The second-order valence-corrected chi connectivity index (χ2v) is 5.05. The predicted octanol–water partition coefficient (Wildman–Crippen LogP) is 2.65. The molecule has 0 unspecified atom stereocenters. The van der Waals surface area contributed by atoms with E-state index in [0.29, 0.717) is 18.1 Å². The predicted molar refractivity (Wildman–Crippen MR) is 81.1 cm³/mol. The number of fused-ring (bicyclic) bond motifs is 1. The molecule has 1 aromatic carbocycles. The molecule has 2 aromatic rings. The summed E-state index contributed by atoms with van der Waals surface area (Å²) in [5.74, 6) is 1.55. The van der Waals surface area contributed by atoms with Crippen molar-refractivity contribution >= 4 is 22.7 Å². The Morgan fingerprint density at radius 3 is 2.80 bits per heavy atom. The average molecular weight is 272 g/mol. The van der Waals surface area contributed by atoms with E-state index in [9.17, 15) is 0 Å². The highest BCUT2D eigenvalue weighted by Crippen LogP contribution is 2.29. The number of para-hydroxylation sites is 1. The maximum absolute atomic E-state index is 5.59. The van der Waals surface area contributed by atoms with Gasteiger partial charge in [0.2, 0.25) is 5.95 Å². The van der Waals surface area contributed by atoms with Gasteiger partial charge in [-0.2, -0.15) is 4.98 Å². The number of benzene rings is 1. The van der Waals surface area contributed by atoms with Crippen molar-refractivity contribution in [2.75, 3.05) is 24.3 Å². The van der Waals surface area contributed by atoms with Gasteiger partial charge in [0.25, 0.3) is 0 Å². The molecule has 0 amide bonds. The number of nitrogens with zero attached hydrogens (tertiary/aromatic N) is 2. The fourth-order valence-corrected chi connectivity index (χ4v) is 2.55. The Morgan fingerprint density at radius 2 is 2.05 bits per heavy atom. The molecule has 0 bridgehead atoms. The molecule has 5 nitrogen and oxygen atoms in total. The Balaban J connectivity index is 1.80. The van der Waals surface area contributed by atoms with Gasteiger partial charge in [-0.3, -0.25) is 0 Å². The van der Waals surface area contributed by atoms with Crippen LogP contribution in [0, 0.1) is 0 Å². The summed E-state index contributed by atoms with van der Waals surface area (Å²) < 4.78 is 5.59. The summed E-state index contributed by atoms with van der Waals surface area (Å²) in [6.07, 6.45) is 2.48. The van der Waals surface area contributed by atoms with Crippen LogP contribution in [0.5, 0.6) is 0 Å². The standard InChI is InChI=1S/C15H20N4O/c1-3-20-11-8-10(9-11)17-14-12-6-4-5-7-13(12)18-15(16-2)19-14/h4-7,10-11H,3,8-9H2,1-2H3,(H2,16,17,18,19). The van der Waals surface area contributed by atoms with E-state index in [1.54, 1.807) is 0 Å². The summed E-state index contributed by atoms with van der Waals surface area (Å²) in [6, 6.07) is 8.50. The Hall–Kier alpha value is -1.88. The summed E-state index contributed by atoms with van der Waals surface area (Å²) in [4.78, 5) is 9.00. The third-order valence-corrected chi connectivity index (χ3v) is 3.66. The molecule has 0 aliphatic heterocycles. The number of anilines is 2. The first-order chi connectivity index (χ1) is 9.80. The van der Waals surface area contributed by atoms with E-state index in [0.717, 1.165) is 36.2 Å². The molecule has 1 fully saturated rings. The van der Waals surface area contributed by atoms with Gasteiger partial charge >= 0.3 is 0 Å². The summed E-state index contributed by atoms with van der Waals surface area (Å²) in [6.45, 7) is 2.83. The molecule has 20 heavy (non-hydrogen) atoms. The lowest BCUT2D eigenvalue weighted by Gasteiger charge is -2.35. The summed E-state index contributed by atoms with van der Waals surface area (Å²) in [5, 5.41) is 7.59. The lowest BCUT2D eigenvalue weighted by Crippen LogP contribution is -2.41. The smallest absolute Gasteiger partial charge is 0.224 e. The van der Waals surface area contributed by atoms with Crippen molar-refractivity contribution in [2.45, 2.75) is 31.9 Å². The van der Waals surface area contributed by atoms with E-state index < -0.39 is 0 Å². The minimum absolute atomic E-state index is 0.398. The van der Waals surface area contributed by atoms with Gasteiger partial charge in [0.1, 0.15) is 5.82 Å². The monoisotopic (exact) mass is 272 g/mol. The SMILES string of the molecule is CCOC1CC(Nc2nc(NC)nc3ccccc23)C1. The number of rotatable bonds is 5. The number of hydrogen-bond donors (Lipinski definition) is 2. The van der Waals surface area contributed by atoms with Crippen LogP contribution in [0.1, 0.15) is 19.8 Å². The normalized spacial score (nSPS) is 21.5. The zero-order valence-electron chi connectivity index (χ0n) is 11.9. The van der Waals surface area contributed by atoms with Gasteiger partial charge in [-0.25, -0.2) is 4.98 Å². The highest BCUT2D eigenvalue weighted by molar-refractivity contribution is 5.90. The molecule has 5 heteroatoms. The van der Waals surface area contributed by atoms with E-state index >= 15 is 0 Å². The van der Waals surface area contributed by atoms with E-state index in [-0.39, 0.29) is 0 Å². The quantitative estimate of drug-likeness (QED) is 0.876. The van der Waals surface area contributed by atoms with Gasteiger partial charge in [-0.05, 0) is 31.9 Å². The summed E-state index contributed by atoms with van der Waals surface area (Å²) in [7, 11) is 1.84. The largest absolute Gasteiger partial charge is 0.378 e. The number of hydrogen-bond acceptors (Lipinski definition) is 5. The fraction of sp³-hybridized carbons (Fsp3) is 0.467. The van der Waals surface area contributed by atoms with E-state index in [1.807, 2.05) is 32.2 Å². The van der Waals surface area contributed by atoms with Crippen molar-refractivity contribution in [3.8, 4) is 0 Å². The van der Waals surface area contributed by atoms with Crippen LogP contribution >= 0.6 is 0 Å². The second-order valence-electron chi connectivity index (χ2n) is 5.05. The number of ether oxygens (including phenoxy) is 1. The Morgan fingerprint density at radius 1 is 1.25 bits per heavy atom. The molecule has 1 aliphatic carbocycles. The van der Waals surface area contributed by atoms with Crippen molar-refractivity contribution in [2.24, 2.45) is 0 Å². The lowest BCUT2D eigenvalue weighted by molar-refractivity contribution is 0.00295. The molecular weight excluding hydrogens is 252 g/mol. The molecular formula is C15H20N4O. The highest BCUT2D eigenvalue weighted by atomic mass is 16.5. The molecule has 1 aromatic heterocycles. The van der Waals surface area contributed by atoms with Crippen LogP contribution in [0.2, 0.25) is 0 Å². The van der Waals surface area contributed by atoms with E-state index in [1.165, 1.54) is 0 Å². The molecule has 0 saturated heterocycles. The minimum Gasteiger partial charge on any atom is -0.378 e. The maximum atomic E-state index is 5.59. The lowest BCUT2D eigenvalue weighted by atomic mass is 9.89. The molecule has 0 atom stereocenters. The Kier molecular flexibility index (Phi) is 3.69. The van der Waals surface area contributed by atoms with Crippen LogP contribution in [0.15, 0.2) is 24.3 Å². The third kappa shape index (κ3) is 2.54. The third-order valence-electron chi connectivity index (χ3n) is 3.66. The summed E-state index contributed by atoms with van der Waals surface area (Å²) >= 11 is 0. The van der Waals surface area contributed by atoms with Crippen LogP contribution in [-0.4, -0.2) is 35.8 Å². The van der Waals surface area contributed by atoms with Crippen LogP contribution in [0.3, 0.4) is 0 Å². The topological polar surface area (TPSA) is 59.1 Å². The molecule has 1 heterocycles. The first-order valence-electron chi connectivity index (χ1n) is 7.12. The van der Waals surface area contributed by atoms with Crippen molar-refractivity contribution in [1.82, 2.24) is 9.97 Å². The second kappa shape index (κ2) is 5.63. The van der Waals surface area contributed by atoms with Crippen LogP contribution in [0.25, 0.3) is 10.9 Å². The van der Waals surface area contributed by atoms with Crippen molar-refractivity contribution in [3.05, 3.63) is 24.3 Å². The minimum atomic E-state index is 0.398. The summed E-state index contributed by atoms with van der Waals surface area (Å²) in [5.41, 5.74) is 0.954. The maximum Gasteiger partial charge on any atom is 0.224 e. The van der Waals surface area contributed by atoms with E-state index in [4.69, 9.17) is 4.74 Å². The van der Waals surface area contributed by atoms with Crippen molar-refractivity contribution < 1.29 is 4.74 Å². The van der Waals surface area contributed by atoms with Gasteiger partial charge in [0.05, 0.1) is 11.6 Å². The van der Waals surface area contributed by atoms with Gasteiger partial charge in [0, 0.05) is 25.1 Å². The molecule has 0 spiro atoms. The average Bonchev–Trinajstić information content (AvgIpc) is 2.44. The molecule has 3 rings (SSSR count). The van der Waals surface area contributed by atoms with Gasteiger partial charge in [0.15, 0.2) is 0 Å². The fourth-order valence-electron chi connectivity index (χ4n) is 2.55. The highest BCUT2D eigenvalue weighted by Gasteiger charge is 2.30. The van der Waals surface area contributed by atoms with E-state index in [2.05, 4.69) is 26.7 Å². The first-order valence-corrected chi connectivity index (χ1v) is 7.12. The Bertz CT molecular complexity index is 595. The number of nitrogens with one attached hydrogen (secondary N) is 2. The van der Waals surface area contributed by atoms with Gasteiger partial charge < -0.3 is 15.4 Å². The van der Waals surface area contributed by atoms with Crippen LogP contribution < -0.4 is 10.6 Å². The molecule has 1 saturated carbocycles.